The van der Waals surface area contributed by atoms with Crippen LogP contribution in [0.5, 0.6) is 11.5 Å². The molecule has 1 amide bonds. The monoisotopic (exact) mass is 466 g/mol. The molecule has 1 N–H and O–H groups in total. The number of carbonyl (C=O) groups is 2. The molecule has 0 unspecified atom stereocenters. The largest absolute Gasteiger partial charge is 0.457 e. The third kappa shape index (κ3) is 6.50. The molecule has 0 saturated heterocycles. The van der Waals surface area contributed by atoms with Crippen LogP contribution in [0.3, 0.4) is 0 Å². The highest BCUT2D eigenvalue weighted by Crippen LogP contribution is 2.26. The molecule has 2 aromatic heterocycles. The number of carbonyl (C=O) groups excluding carboxylic acids is 2. The van der Waals surface area contributed by atoms with Crippen molar-refractivity contribution in [3.8, 4) is 11.5 Å². The number of nitrogens with zero attached hydrogens (tertiary/aromatic N) is 3. The molecule has 0 spiro atoms. The van der Waals surface area contributed by atoms with Gasteiger partial charge in [0.05, 0.1) is 5.69 Å². The first-order valence-corrected chi connectivity index (χ1v) is 11.2. The van der Waals surface area contributed by atoms with Crippen LogP contribution in [0.25, 0.3) is 0 Å². The number of benzene rings is 1. The summed E-state index contributed by atoms with van der Waals surface area (Å²) in [5, 5.41) is 7.24. The molecule has 34 heavy (non-hydrogen) atoms. The van der Waals surface area contributed by atoms with Gasteiger partial charge in [0.2, 0.25) is 5.91 Å². The lowest BCUT2D eigenvalue weighted by atomic mass is 9.92. The number of rotatable bonds is 8. The van der Waals surface area contributed by atoms with Gasteiger partial charge in [-0.15, -0.1) is 0 Å². The molecule has 0 bridgehead atoms. The van der Waals surface area contributed by atoms with E-state index in [1.165, 1.54) is 19.2 Å². The molecule has 7 nitrogen and oxygen atoms in total. The second kappa shape index (κ2) is 10.2. The molecule has 0 aliphatic carbocycles. The molecule has 2 heterocycles. The molecule has 0 aliphatic heterocycles. The van der Waals surface area contributed by atoms with Crippen LogP contribution in [0, 0.1) is 5.82 Å². The van der Waals surface area contributed by atoms with Crippen LogP contribution in [0.2, 0.25) is 0 Å². The van der Waals surface area contributed by atoms with Crippen molar-refractivity contribution in [2.75, 3.05) is 5.32 Å². The minimum atomic E-state index is -0.519. The van der Waals surface area contributed by atoms with Gasteiger partial charge in [-0.25, -0.2) is 9.37 Å². The van der Waals surface area contributed by atoms with Gasteiger partial charge in [-0.1, -0.05) is 26.8 Å². The van der Waals surface area contributed by atoms with E-state index in [4.69, 9.17) is 4.74 Å². The van der Waals surface area contributed by atoms with Gasteiger partial charge in [-0.2, -0.15) is 5.10 Å². The van der Waals surface area contributed by atoms with Crippen molar-refractivity contribution in [3.63, 3.8) is 0 Å². The fourth-order valence-electron chi connectivity index (χ4n) is 3.45. The van der Waals surface area contributed by atoms with Gasteiger partial charge in [0.15, 0.2) is 0 Å². The lowest BCUT2D eigenvalue weighted by Gasteiger charge is -2.14. The molecule has 0 atom stereocenters. The van der Waals surface area contributed by atoms with Crippen molar-refractivity contribution < 1.29 is 18.7 Å². The minimum Gasteiger partial charge on any atom is -0.457 e. The normalized spacial score (nSPS) is 11.5. The van der Waals surface area contributed by atoms with Gasteiger partial charge in [-0.3, -0.25) is 14.3 Å². The van der Waals surface area contributed by atoms with Gasteiger partial charge in [-0.05, 0) is 37.6 Å². The summed E-state index contributed by atoms with van der Waals surface area (Å²) >= 11 is 0. The van der Waals surface area contributed by atoms with Gasteiger partial charge in [0.25, 0.3) is 0 Å². The number of pyridine rings is 1. The molecule has 0 radical (unpaired) electrons. The summed E-state index contributed by atoms with van der Waals surface area (Å²) in [5.74, 6) is 0.150. The Labute approximate surface area is 199 Å². The third-order valence-electron chi connectivity index (χ3n) is 5.13. The average molecular weight is 467 g/mol. The fourth-order valence-corrected chi connectivity index (χ4v) is 3.45. The van der Waals surface area contributed by atoms with E-state index in [9.17, 15) is 14.0 Å². The Morgan fingerprint density at radius 2 is 1.79 bits per heavy atom. The Kier molecular flexibility index (Phi) is 7.49. The van der Waals surface area contributed by atoms with Gasteiger partial charge >= 0.3 is 0 Å². The number of amides is 1. The van der Waals surface area contributed by atoms with E-state index in [1.54, 1.807) is 24.3 Å². The smallest absolute Gasteiger partial charge is 0.222 e. The molecule has 0 aliphatic rings. The van der Waals surface area contributed by atoms with E-state index < -0.39 is 5.82 Å². The molecule has 180 valence electrons. The molecule has 3 aromatic rings. The highest BCUT2D eigenvalue weighted by molar-refractivity contribution is 5.87. The van der Waals surface area contributed by atoms with E-state index in [0.717, 1.165) is 11.4 Å². The highest BCUT2D eigenvalue weighted by Gasteiger charge is 2.22. The van der Waals surface area contributed by atoms with Crippen molar-refractivity contribution in [2.45, 2.75) is 65.8 Å². The standard InChI is InChI=1S/C26H31FN4O3/c1-16(2)31-19(13-24(30-31)26(4,5)6)12-20(33)11-18-7-8-21(14-23(18)27)34-22-9-10-28-25(15-22)29-17(3)32/h7-10,13-16H,11-12H2,1-6H3,(H,28,29,32). The second-order valence-corrected chi connectivity index (χ2v) is 9.61. The van der Waals surface area contributed by atoms with Crippen LogP contribution < -0.4 is 10.1 Å². The summed E-state index contributed by atoms with van der Waals surface area (Å²) in [4.78, 5) is 28.0. The predicted octanol–water partition coefficient (Wildman–Crippen LogP) is 5.40. The van der Waals surface area contributed by atoms with Crippen LogP contribution in [0.15, 0.2) is 42.6 Å². The quantitative estimate of drug-likeness (QED) is 0.480. The van der Waals surface area contributed by atoms with E-state index >= 15 is 0 Å². The molecule has 3 rings (SSSR count). The van der Waals surface area contributed by atoms with Crippen LogP contribution >= 0.6 is 0 Å². The van der Waals surface area contributed by atoms with Crippen LogP contribution in [0.1, 0.15) is 64.5 Å². The summed E-state index contributed by atoms with van der Waals surface area (Å²) in [7, 11) is 0. The van der Waals surface area contributed by atoms with Crippen molar-refractivity contribution in [1.82, 2.24) is 14.8 Å². The van der Waals surface area contributed by atoms with E-state index in [0.29, 0.717) is 17.1 Å². The summed E-state index contributed by atoms with van der Waals surface area (Å²) in [6, 6.07) is 9.64. The Balaban J connectivity index is 1.70. The van der Waals surface area contributed by atoms with E-state index in [-0.39, 0.29) is 41.7 Å². The van der Waals surface area contributed by atoms with Crippen molar-refractivity contribution in [1.29, 1.82) is 0 Å². The summed E-state index contributed by atoms with van der Waals surface area (Å²) in [6.45, 7) is 11.7. The van der Waals surface area contributed by atoms with Crippen LogP contribution in [-0.2, 0) is 27.8 Å². The van der Waals surface area contributed by atoms with Gasteiger partial charge in [0.1, 0.15) is 28.9 Å². The maximum absolute atomic E-state index is 14.8. The number of hydrogen-bond acceptors (Lipinski definition) is 5. The molecule has 0 saturated carbocycles. The second-order valence-electron chi connectivity index (χ2n) is 9.61. The summed E-state index contributed by atoms with van der Waals surface area (Å²) < 4.78 is 22.3. The maximum Gasteiger partial charge on any atom is 0.222 e. The topological polar surface area (TPSA) is 86.1 Å². The Bertz CT molecular complexity index is 1190. The number of hydrogen-bond donors (Lipinski definition) is 1. The Morgan fingerprint density at radius 1 is 1.09 bits per heavy atom. The first-order valence-electron chi connectivity index (χ1n) is 11.2. The molecular weight excluding hydrogens is 435 g/mol. The third-order valence-corrected chi connectivity index (χ3v) is 5.13. The lowest BCUT2D eigenvalue weighted by molar-refractivity contribution is -0.118. The molecular formula is C26H31FN4O3. The fraction of sp³-hybridized carbons (Fsp3) is 0.385. The van der Waals surface area contributed by atoms with Crippen molar-refractivity contribution in [3.05, 3.63) is 65.4 Å². The highest BCUT2D eigenvalue weighted by atomic mass is 19.1. The number of ketones is 1. The van der Waals surface area contributed by atoms with E-state index in [2.05, 4.69) is 36.2 Å². The number of ether oxygens (including phenoxy) is 1. The maximum atomic E-state index is 14.8. The number of aromatic nitrogens is 3. The number of anilines is 1. The van der Waals surface area contributed by atoms with Crippen molar-refractivity contribution in [2.24, 2.45) is 0 Å². The Hall–Kier alpha value is -3.55. The first-order chi connectivity index (χ1) is 15.9. The number of halogens is 1. The van der Waals surface area contributed by atoms with Gasteiger partial charge < -0.3 is 10.1 Å². The summed E-state index contributed by atoms with van der Waals surface area (Å²) in [6.07, 6.45) is 1.64. The molecule has 0 fully saturated rings. The average Bonchev–Trinajstić information content (AvgIpc) is 3.14. The zero-order chi connectivity index (χ0) is 25.0. The lowest BCUT2D eigenvalue weighted by Crippen LogP contribution is -2.15. The first kappa shape index (κ1) is 25.1. The number of nitrogens with one attached hydrogen (secondary N) is 1. The SMILES string of the molecule is CC(=O)Nc1cc(Oc2ccc(CC(=O)Cc3cc(C(C)(C)C)nn3C(C)C)c(F)c2)ccn1. The van der Waals surface area contributed by atoms with Crippen molar-refractivity contribution >= 4 is 17.5 Å². The van der Waals surface area contributed by atoms with Crippen LogP contribution in [0.4, 0.5) is 10.2 Å². The minimum absolute atomic E-state index is 0.0256. The van der Waals surface area contributed by atoms with E-state index in [1.807, 2.05) is 24.6 Å². The molecule has 1 aromatic carbocycles. The zero-order valence-corrected chi connectivity index (χ0v) is 20.5. The predicted molar refractivity (Wildman–Crippen MR) is 129 cm³/mol. The molecule has 8 heteroatoms. The Morgan fingerprint density at radius 3 is 2.41 bits per heavy atom. The van der Waals surface area contributed by atoms with Crippen LogP contribution in [-0.4, -0.2) is 26.5 Å². The summed E-state index contributed by atoms with van der Waals surface area (Å²) in [5.41, 5.74) is 1.93. The van der Waals surface area contributed by atoms with Gasteiger partial charge in [0, 0.05) is 55.2 Å². The zero-order valence-electron chi connectivity index (χ0n) is 20.5. The number of Topliss-reactive ketones (excluding diaryl/α,β-unsaturated/α-hetero) is 1.